The number of aromatic nitrogens is 2. The van der Waals surface area contributed by atoms with Gasteiger partial charge in [0.25, 0.3) is 0 Å². The Morgan fingerprint density at radius 3 is 2.72 bits per heavy atom. The van der Waals surface area contributed by atoms with Gasteiger partial charge in [0.05, 0.1) is 23.0 Å². The Balaban J connectivity index is 1.85. The maximum absolute atomic E-state index is 6.36. The summed E-state index contributed by atoms with van der Waals surface area (Å²) in [5.74, 6) is 2.76. The third kappa shape index (κ3) is 2.08. The van der Waals surface area contributed by atoms with Gasteiger partial charge in [-0.3, -0.25) is 4.68 Å². The molecule has 2 aliphatic rings. The SMILES string of the molecule is CCNC(c1c(Cl)cnn1CC)C1CC2CC2C1. The van der Waals surface area contributed by atoms with Crippen LogP contribution >= 0.6 is 11.6 Å². The number of nitrogens with one attached hydrogen (secondary N) is 1. The normalized spacial score (nSPS) is 31.4. The van der Waals surface area contributed by atoms with E-state index in [1.54, 1.807) is 6.20 Å². The summed E-state index contributed by atoms with van der Waals surface area (Å²) in [7, 11) is 0. The Morgan fingerprint density at radius 2 is 2.11 bits per heavy atom. The van der Waals surface area contributed by atoms with Gasteiger partial charge in [0.1, 0.15) is 0 Å². The monoisotopic (exact) mass is 267 g/mol. The summed E-state index contributed by atoms with van der Waals surface area (Å²) in [6, 6.07) is 0.387. The minimum Gasteiger partial charge on any atom is -0.309 e. The maximum Gasteiger partial charge on any atom is 0.0834 e. The van der Waals surface area contributed by atoms with Crippen LogP contribution in [0, 0.1) is 17.8 Å². The molecule has 1 heterocycles. The van der Waals surface area contributed by atoms with Crippen LogP contribution in [0.1, 0.15) is 44.8 Å². The molecule has 2 fully saturated rings. The van der Waals surface area contributed by atoms with E-state index in [2.05, 4.69) is 28.9 Å². The van der Waals surface area contributed by atoms with Gasteiger partial charge in [-0.25, -0.2) is 0 Å². The first-order chi connectivity index (χ1) is 8.74. The fourth-order valence-electron chi connectivity index (χ4n) is 3.67. The number of halogens is 1. The number of fused-ring (bicyclic) bond motifs is 1. The standard InChI is InChI=1S/C14H22ClN3/c1-3-16-13(11-6-9-5-10(9)7-11)14-12(15)8-17-18(14)4-2/h8-11,13,16H,3-7H2,1-2H3. The molecule has 0 bridgehead atoms. The molecule has 3 unspecified atom stereocenters. The van der Waals surface area contributed by atoms with Crippen molar-refractivity contribution in [1.82, 2.24) is 15.1 Å². The largest absolute Gasteiger partial charge is 0.309 e. The third-order valence-electron chi connectivity index (χ3n) is 4.60. The molecule has 0 saturated heterocycles. The van der Waals surface area contributed by atoms with Crippen LogP contribution in [0.4, 0.5) is 0 Å². The van der Waals surface area contributed by atoms with Crippen LogP contribution in [0.25, 0.3) is 0 Å². The Morgan fingerprint density at radius 1 is 1.39 bits per heavy atom. The Kier molecular flexibility index (Phi) is 3.37. The van der Waals surface area contributed by atoms with Crippen molar-refractivity contribution in [3.8, 4) is 0 Å². The highest BCUT2D eigenvalue weighted by atomic mass is 35.5. The summed E-state index contributed by atoms with van der Waals surface area (Å²) in [4.78, 5) is 0. The molecule has 0 amide bonds. The molecule has 2 aliphatic carbocycles. The highest BCUT2D eigenvalue weighted by molar-refractivity contribution is 6.31. The molecule has 1 N–H and O–H groups in total. The van der Waals surface area contributed by atoms with Gasteiger partial charge < -0.3 is 5.32 Å². The molecule has 100 valence electrons. The smallest absolute Gasteiger partial charge is 0.0834 e. The molecule has 0 aliphatic heterocycles. The second kappa shape index (κ2) is 4.86. The summed E-state index contributed by atoms with van der Waals surface area (Å²) < 4.78 is 2.06. The van der Waals surface area contributed by atoms with Crippen molar-refractivity contribution in [3.63, 3.8) is 0 Å². The molecule has 0 aromatic carbocycles. The van der Waals surface area contributed by atoms with Gasteiger partial charge in [-0.15, -0.1) is 0 Å². The first-order valence-corrected chi connectivity index (χ1v) is 7.56. The highest BCUT2D eigenvalue weighted by Crippen LogP contribution is 2.57. The van der Waals surface area contributed by atoms with Crippen molar-refractivity contribution in [2.45, 2.75) is 45.7 Å². The van der Waals surface area contributed by atoms with Crippen LogP contribution in [-0.2, 0) is 6.54 Å². The van der Waals surface area contributed by atoms with E-state index in [1.165, 1.54) is 25.0 Å². The van der Waals surface area contributed by atoms with Crippen molar-refractivity contribution < 1.29 is 0 Å². The molecule has 18 heavy (non-hydrogen) atoms. The fourth-order valence-corrected chi connectivity index (χ4v) is 3.93. The molecule has 3 rings (SSSR count). The van der Waals surface area contributed by atoms with Gasteiger partial charge in [0, 0.05) is 6.54 Å². The second-order valence-corrected chi connectivity index (χ2v) is 6.12. The Bertz CT molecular complexity index is 419. The van der Waals surface area contributed by atoms with Crippen molar-refractivity contribution in [3.05, 3.63) is 16.9 Å². The van der Waals surface area contributed by atoms with E-state index in [0.29, 0.717) is 6.04 Å². The zero-order chi connectivity index (χ0) is 12.7. The minimum absolute atomic E-state index is 0.387. The van der Waals surface area contributed by atoms with Gasteiger partial charge in [0.15, 0.2) is 0 Å². The molecule has 3 atom stereocenters. The number of rotatable bonds is 5. The lowest BCUT2D eigenvalue weighted by atomic mass is 9.92. The van der Waals surface area contributed by atoms with Crippen molar-refractivity contribution in [2.75, 3.05) is 6.54 Å². The third-order valence-corrected chi connectivity index (χ3v) is 4.89. The van der Waals surface area contributed by atoms with E-state index in [0.717, 1.165) is 35.9 Å². The zero-order valence-corrected chi connectivity index (χ0v) is 12.0. The Hall–Kier alpha value is -0.540. The van der Waals surface area contributed by atoms with Gasteiger partial charge in [-0.1, -0.05) is 18.5 Å². The van der Waals surface area contributed by atoms with Crippen LogP contribution in [-0.4, -0.2) is 16.3 Å². The molecule has 3 nitrogen and oxygen atoms in total. The molecule has 0 spiro atoms. The quantitative estimate of drug-likeness (QED) is 0.888. The summed E-state index contributed by atoms with van der Waals surface area (Å²) in [5, 5.41) is 8.84. The van der Waals surface area contributed by atoms with E-state index in [9.17, 15) is 0 Å². The van der Waals surface area contributed by atoms with Gasteiger partial charge >= 0.3 is 0 Å². The molecule has 0 radical (unpaired) electrons. The summed E-state index contributed by atoms with van der Waals surface area (Å²) in [6.07, 6.45) is 6.00. The highest BCUT2D eigenvalue weighted by Gasteiger charge is 2.48. The van der Waals surface area contributed by atoms with Gasteiger partial charge in [-0.2, -0.15) is 5.10 Å². The molecule has 2 saturated carbocycles. The minimum atomic E-state index is 0.387. The molecular formula is C14H22ClN3. The van der Waals surface area contributed by atoms with Crippen molar-refractivity contribution in [1.29, 1.82) is 0 Å². The van der Waals surface area contributed by atoms with Crippen LogP contribution in [0.5, 0.6) is 0 Å². The van der Waals surface area contributed by atoms with E-state index in [4.69, 9.17) is 11.6 Å². The van der Waals surface area contributed by atoms with Crippen molar-refractivity contribution >= 4 is 11.6 Å². The summed E-state index contributed by atoms with van der Waals surface area (Å²) in [5.41, 5.74) is 1.20. The maximum atomic E-state index is 6.36. The van der Waals surface area contributed by atoms with Gasteiger partial charge in [-0.05, 0) is 50.5 Å². The lowest BCUT2D eigenvalue weighted by Crippen LogP contribution is -2.30. The summed E-state index contributed by atoms with van der Waals surface area (Å²) >= 11 is 6.36. The topological polar surface area (TPSA) is 29.9 Å². The lowest BCUT2D eigenvalue weighted by Gasteiger charge is -2.26. The molecule has 1 aromatic rings. The first kappa shape index (κ1) is 12.5. The molecule has 1 aromatic heterocycles. The number of aryl methyl sites for hydroxylation is 1. The second-order valence-electron chi connectivity index (χ2n) is 5.72. The Labute approximate surface area is 114 Å². The zero-order valence-electron chi connectivity index (χ0n) is 11.2. The van der Waals surface area contributed by atoms with E-state index < -0.39 is 0 Å². The van der Waals surface area contributed by atoms with E-state index in [1.807, 2.05) is 0 Å². The first-order valence-electron chi connectivity index (χ1n) is 7.19. The predicted molar refractivity (Wildman–Crippen MR) is 73.6 cm³/mol. The average molecular weight is 268 g/mol. The predicted octanol–water partition coefficient (Wildman–Crippen LogP) is 3.25. The van der Waals surface area contributed by atoms with Crippen LogP contribution in [0.3, 0.4) is 0 Å². The van der Waals surface area contributed by atoms with Crippen LogP contribution < -0.4 is 5.32 Å². The van der Waals surface area contributed by atoms with Crippen LogP contribution in [0.2, 0.25) is 5.02 Å². The summed E-state index contributed by atoms with van der Waals surface area (Å²) in [6.45, 7) is 6.18. The molecule has 4 heteroatoms. The van der Waals surface area contributed by atoms with Gasteiger partial charge in [0.2, 0.25) is 0 Å². The number of hydrogen-bond donors (Lipinski definition) is 1. The van der Waals surface area contributed by atoms with Crippen LogP contribution in [0.15, 0.2) is 6.20 Å². The lowest BCUT2D eigenvalue weighted by molar-refractivity contribution is 0.328. The van der Waals surface area contributed by atoms with E-state index in [-0.39, 0.29) is 0 Å². The van der Waals surface area contributed by atoms with E-state index >= 15 is 0 Å². The number of hydrogen-bond acceptors (Lipinski definition) is 2. The number of nitrogens with zero attached hydrogens (tertiary/aromatic N) is 2. The molecular weight excluding hydrogens is 246 g/mol. The fraction of sp³-hybridized carbons (Fsp3) is 0.786. The average Bonchev–Trinajstić information content (AvgIpc) is 2.82. The van der Waals surface area contributed by atoms with Crippen molar-refractivity contribution in [2.24, 2.45) is 17.8 Å².